The van der Waals surface area contributed by atoms with Crippen LogP contribution in [-0.2, 0) is 20.7 Å². The molecule has 0 saturated carbocycles. The molecule has 0 saturated heterocycles. The average molecular weight is 516 g/mol. The van der Waals surface area contributed by atoms with Gasteiger partial charge in [-0.05, 0) is 54.8 Å². The van der Waals surface area contributed by atoms with Gasteiger partial charge in [-0.15, -0.1) is 0 Å². The third-order valence-electron chi connectivity index (χ3n) is 6.04. The highest BCUT2D eigenvalue weighted by Crippen LogP contribution is 2.39. The van der Waals surface area contributed by atoms with Gasteiger partial charge in [-0.3, -0.25) is 9.69 Å². The molecule has 1 aliphatic rings. The number of hydrogen-bond donors (Lipinski definition) is 3. The van der Waals surface area contributed by atoms with Crippen LogP contribution < -0.4 is 10.1 Å². The number of benzene rings is 2. The van der Waals surface area contributed by atoms with Crippen LogP contribution in [0.5, 0.6) is 5.75 Å². The summed E-state index contributed by atoms with van der Waals surface area (Å²) in [6, 6.07) is 12.7. The van der Waals surface area contributed by atoms with Gasteiger partial charge in [0.15, 0.2) is 0 Å². The predicted molar refractivity (Wildman–Crippen MR) is 135 cm³/mol. The standard InChI is InChI=1S/C26H30ClN3O6/c1-3-35-26(33)30-11-10-20-21-12-17(27)6-9-22(21)29-24(20)25(30)16-4-7-19(8-5-16)36-14-18(31)13-28-23(32)15-34-2/h4-9,12,18,25,29,31H,3,10-11,13-15H2,1-2H3,(H,28,32). The number of aliphatic hydroxyl groups excluding tert-OH is 1. The van der Waals surface area contributed by atoms with Gasteiger partial charge in [-0.25, -0.2) is 4.79 Å². The molecule has 192 valence electrons. The molecule has 1 aromatic heterocycles. The Labute approximate surface area is 214 Å². The van der Waals surface area contributed by atoms with Gasteiger partial charge in [0.05, 0.1) is 6.61 Å². The van der Waals surface area contributed by atoms with Gasteiger partial charge in [0.2, 0.25) is 5.91 Å². The lowest BCUT2D eigenvalue weighted by atomic mass is 9.92. The van der Waals surface area contributed by atoms with E-state index in [0.717, 1.165) is 27.7 Å². The van der Waals surface area contributed by atoms with E-state index in [-0.39, 0.29) is 44.4 Å². The van der Waals surface area contributed by atoms with E-state index in [0.29, 0.717) is 23.7 Å². The van der Waals surface area contributed by atoms with Crippen molar-refractivity contribution in [3.63, 3.8) is 0 Å². The largest absolute Gasteiger partial charge is 0.491 e. The fourth-order valence-corrected chi connectivity index (χ4v) is 4.59. The zero-order valence-electron chi connectivity index (χ0n) is 20.3. The molecule has 3 N–H and O–H groups in total. The minimum atomic E-state index is -0.871. The van der Waals surface area contributed by atoms with Crippen molar-refractivity contribution in [2.75, 3.05) is 40.0 Å². The average Bonchev–Trinajstić information content (AvgIpc) is 3.24. The van der Waals surface area contributed by atoms with Crippen LogP contribution in [0, 0.1) is 0 Å². The first-order chi connectivity index (χ1) is 17.4. The Hall–Kier alpha value is -3.27. The van der Waals surface area contributed by atoms with Crippen molar-refractivity contribution in [3.05, 3.63) is 64.3 Å². The molecular weight excluding hydrogens is 486 g/mol. The summed E-state index contributed by atoms with van der Waals surface area (Å²) in [5.41, 5.74) is 3.92. The molecule has 0 aliphatic carbocycles. The molecule has 3 aromatic rings. The smallest absolute Gasteiger partial charge is 0.410 e. The summed E-state index contributed by atoms with van der Waals surface area (Å²) < 4.78 is 15.8. The maximum absolute atomic E-state index is 12.8. The molecule has 36 heavy (non-hydrogen) atoms. The number of carbonyl (C=O) groups excluding carboxylic acids is 2. The van der Waals surface area contributed by atoms with E-state index in [1.807, 2.05) is 30.3 Å². The summed E-state index contributed by atoms with van der Waals surface area (Å²) in [4.78, 5) is 29.5. The molecule has 1 aliphatic heterocycles. The van der Waals surface area contributed by atoms with Gasteiger partial charge < -0.3 is 29.6 Å². The van der Waals surface area contributed by atoms with Gasteiger partial charge in [-0.2, -0.15) is 0 Å². The first kappa shape index (κ1) is 25.8. The number of nitrogens with one attached hydrogen (secondary N) is 2. The Morgan fingerprint density at radius 1 is 1.25 bits per heavy atom. The maximum atomic E-state index is 12.8. The van der Waals surface area contributed by atoms with Crippen molar-refractivity contribution in [2.45, 2.75) is 25.5 Å². The third-order valence-corrected chi connectivity index (χ3v) is 6.27. The summed E-state index contributed by atoms with van der Waals surface area (Å²) in [7, 11) is 1.43. The van der Waals surface area contributed by atoms with E-state index in [4.69, 9.17) is 25.8 Å². The number of fused-ring (bicyclic) bond motifs is 3. The number of aromatic nitrogens is 1. The Bertz CT molecular complexity index is 1210. The first-order valence-corrected chi connectivity index (χ1v) is 12.2. The van der Waals surface area contributed by atoms with Crippen molar-refractivity contribution in [1.29, 1.82) is 0 Å². The van der Waals surface area contributed by atoms with Gasteiger partial charge in [0.25, 0.3) is 0 Å². The maximum Gasteiger partial charge on any atom is 0.410 e. The minimum absolute atomic E-state index is 0.0118. The highest BCUT2D eigenvalue weighted by molar-refractivity contribution is 6.31. The highest BCUT2D eigenvalue weighted by Gasteiger charge is 2.35. The van der Waals surface area contributed by atoms with E-state index in [1.165, 1.54) is 7.11 Å². The quantitative estimate of drug-likeness (QED) is 0.402. The Morgan fingerprint density at radius 3 is 2.75 bits per heavy atom. The minimum Gasteiger partial charge on any atom is -0.491 e. The normalized spacial score (nSPS) is 15.9. The van der Waals surface area contributed by atoms with Crippen molar-refractivity contribution in [3.8, 4) is 5.75 Å². The lowest BCUT2D eigenvalue weighted by molar-refractivity contribution is -0.125. The van der Waals surface area contributed by atoms with Crippen LogP contribution in [0.2, 0.25) is 5.02 Å². The first-order valence-electron chi connectivity index (χ1n) is 11.8. The molecule has 2 heterocycles. The van der Waals surface area contributed by atoms with Crippen molar-refractivity contribution < 1.29 is 28.9 Å². The Kier molecular flexibility index (Phi) is 8.35. The number of rotatable bonds is 9. The number of carbonyl (C=O) groups is 2. The summed E-state index contributed by atoms with van der Waals surface area (Å²) in [6.45, 7) is 2.59. The topological polar surface area (TPSA) is 113 Å². The number of ether oxygens (including phenoxy) is 3. The van der Waals surface area contributed by atoms with Crippen LogP contribution in [0.15, 0.2) is 42.5 Å². The predicted octanol–water partition coefficient (Wildman–Crippen LogP) is 3.43. The molecule has 2 atom stereocenters. The fraction of sp³-hybridized carbons (Fsp3) is 0.385. The fourth-order valence-electron chi connectivity index (χ4n) is 4.42. The highest BCUT2D eigenvalue weighted by atomic mass is 35.5. The second kappa shape index (κ2) is 11.6. The molecular formula is C26H30ClN3O6. The summed E-state index contributed by atoms with van der Waals surface area (Å²) in [5.74, 6) is 0.251. The number of aliphatic hydroxyl groups is 1. The zero-order chi connectivity index (χ0) is 25.7. The van der Waals surface area contributed by atoms with Crippen LogP contribution in [0.3, 0.4) is 0 Å². The number of hydrogen-bond acceptors (Lipinski definition) is 6. The van der Waals surface area contributed by atoms with Crippen molar-refractivity contribution in [2.24, 2.45) is 0 Å². The van der Waals surface area contributed by atoms with Crippen LogP contribution in [-0.4, -0.2) is 73.1 Å². The lowest BCUT2D eigenvalue weighted by Crippen LogP contribution is -2.41. The molecule has 9 nitrogen and oxygen atoms in total. The monoisotopic (exact) mass is 515 g/mol. The lowest BCUT2D eigenvalue weighted by Gasteiger charge is -2.35. The van der Waals surface area contributed by atoms with Crippen LogP contribution in [0.4, 0.5) is 4.79 Å². The molecule has 0 fully saturated rings. The van der Waals surface area contributed by atoms with Crippen LogP contribution in [0.25, 0.3) is 10.9 Å². The second-order valence-corrected chi connectivity index (χ2v) is 8.96. The molecule has 2 amide bonds. The second-order valence-electron chi connectivity index (χ2n) is 8.52. The molecule has 2 unspecified atom stereocenters. The van der Waals surface area contributed by atoms with Crippen molar-refractivity contribution in [1.82, 2.24) is 15.2 Å². The SMILES string of the molecule is CCOC(=O)N1CCc2c([nH]c3ccc(Cl)cc23)C1c1ccc(OCC(O)CNC(=O)COC)cc1. The Morgan fingerprint density at radius 2 is 2.03 bits per heavy atom. The summed E-state index contributed by atoms with van der Waals surface area (Å²) >= 11 is 6.25. The van der Waals surface area contributed by atoms with Gasteiger partial charge in [0, 0.05) is 41.8 Å². The van der Waals surface area contributed by atoms with E-state index in [1.54, 1.807) is 24.0 Å². The third kappa shape index (κ3) is 5.75. The van der Waals surface area contributed by atoms with Gasteiger partial charge in [0.1, 0.15) is 31.1 Å². The van der Waals surface area contributed by atoms with E-state index >= 15 is 0 Å². The summed E-state index contributed by atoms with van der Waals surface area (Å²) in [5, 5.41) is 14.4. The van der Waals surface area contributed by atoms with E-state index in [9.17, 15) is 14.7 Å². The number of nitrogens with zero attached hydrogens (tertiary/aromatic N) is 1. The molecule has 2 aromatic carbocycles. The molecule has 4 rings (SSSR count). The zero-order valence-corrected chi connectivity index (χ0v) is 21.0. The van der Waals surface area contributed by atoms with Crippen LogP contribution >= 0.6 is 11.6 Å². The van der Waals surface area contributed by atoms with E-state index < -0.39 is 6.10 Å². The van der Waals surface area contributed by atoms with Crippen molar-refractivity contribution >= 4 is 34.5 Å². The van der Waals surface area contributed by atoms with Crippen LogP contribution in [0.1, 0.15) is 29.8 Å². The van der Waals surface area contributed by atoms with Gasteiger partial charge >= 0.3 is 6.09 Å². The number of amides is 2. The number of methoxy groups -OCH3 is 1. The molecule has 0 radical (unpaired) electrons. The number of halogens is 1. The van der Waals surface area contributed by atoms with E-state index in [2.05, 4.69) is 10.3 Å². The number of aromatic amines is 1. The number of H-pyrrole nitrogens is 1. The molecule has 0 spiro atoms. The summed E-state index contributed by atoms with van der Waals surface area (Å²) in [6.07, 6.45) is -0.557. The molecule has 0 bridgehead atoms. The Balaban J connectivity index is 1.53. The van der Waals surface area contributed by atoms with Gasteiger partial charge in [-0.1, -0.05) is 23.7 Å². The molecule has 10 heteroatoms.